The van der Waals surface area contributed by atoms with Crippen LogP contribution in [-0.2, 0) is 11.3 Å². The summed E-state index contributed by atoms with van der Waals surface area (Å²) in [5.74, 6) is 1.66. The third kappa shape index (κ3) is 9.51. The van der Waals surface area contributed by atoms with Gasteiger partial charge in [0.05, 0.1) is 13.2 Å². The topological polar surface area (TPSA) is 92.0 Å². The highest BCUT2D eigenvalue weighted by atomic mass is 127. The summed E-state index contributed by atoms with van der Waals surface area (Å²) in [4.78, 5) is 18.4. The molecule has 1 aromatic carbocycles. The molecule has 0 unspecified atom stereocenters. The van der Waals surface area contributed by atoms with Gasteiger partial charge in [0.15, 0.2) is 5.96 Å². The van der Waals surface area contributed by atoms with Crippen LogP contribution in [0.4, 0.5) is 0 Å². The maximum Gasteiger partial charge on any atom is 0.220 e. The lowest BCUT2D eigenvalue weighted by Gasteiger charge is -2.30. The van der Waals surface area contributed by atoms with E-state index in [2.05, 4.69) is 28.5 Å². The van der Waals surface area contributed by atoms with E-state index in [4.69, 9.17) is 15.5 Å². The van der Waals surface area contributed by atoms with Gasteiger partial charge in [-0.2, -0.15) is 0 Å². The average molecular weight is 531 g/mol. The van der Waals surface area contributed by atoms with Gasteiger partial charge in [-0.25, -0.2) is 4.99 Å². The Bertz CT molecular complexity index is 648. The monoisotopic (exact) mass is 531 g/mol. The van der Waals surface area contributed by atoms with Gasteiger partial charge in [-0.15, -0.1) is 24.0 Å². The largest absolute Gasteiger partial charge is 0.494 e. The van der Waals surface area contributed by atoms with Gasteiger partial charge in [-0.3, -0.25) is 4.79 Å². The van der Waals surface area contributed by atoms with Crippen molar-refractivity contribution in [2.24, 2.45) is 16.6 Å². The van der Waals surface area contributed by atoms with Crippen molar-refractivity contribution >= 4 is 35.8 Å². The van der Waals surface area contributed by atoms with Crippen LogP contribution in [0.15, 0.2) is 29.3 Å². The minimum atomic E-state index is -0.145. The second-order valence-corrected chi connectivity index (χ2v) is 7.39. The lowest BCUT2D eigenvalue weighted by molar-refractivity contribution is -0.123. The fourth-order valence-electron chi connectivity index (χ4n) is 3.55. The molecule has 0 bridgehead atoms. The van der Waals surface area contributed by atoms with Gasteiger partial charge in [-0.05, 0) is 65.2 Å². The molecule has 170 valence electrons. The maximum absolute atomic E-state index is 11.2. The molecule has 0 saturated carbocycles. The Kier molecular flexibility index (Phi) is 13.5. The number of hydrogen-bond donors (Lipinski definition) is 3. The number of unbranched alkanes of at least 4 members (excludes halogenated alkanes) is 1. The molecule has 0 aliphatic carbocycles. The highest BCUT2D eigenvalue weighted by Crippen LogP contribution is 2.19. The highest BCUT2D eigenvalue weighted by Gasteiger charge is 2.22. The van der Waals surface area contributed by atoms with Gasteiger partial charge in [0.2, 0.25) is 5.91 Å². The van der Waals surface area contributed by atoms with Gasteiger partial charge in [0.25, 0.3) is 0 Å². The Labute approximate surface area is 198 Å². The fraction of sp³-hybridized carbons (Fsp3) is 0.636. The predicted octanol–water partition coefficient (Wildman–Crippen LogP) is 2.74. The minimum Gasteiger partial charge on any atom is -0.494 e. The van der Waals surface area contributed by atoms with E-state index in [1.807, 2.05) is 25.1 Å². The van der Waals surface area contributed by atoms with Crippen LogP contribution < -0.4 is 21.1 Å². The Morgan fingerprint density at radius 1 is 1.20 bits per heavy atom. The van der Waals surface area contributed by atoms with E-state index in [-0.39, 0.29) is 35.8 Å². The third-order valence-corrected chi connectivity index (χ3v) is 5.21. The summed E-state index contributed by atoms with van der Waals surface area (Å²) in [5, 5.41) is 6.72. The molecular weight excluding hydrogens is 493 g/mol. The van der Waals surface area contributed by atoms with Crippen molar-refractivity contribution in [1.29, 1.82) is 0 Å². The number of piperidine rings is 1. The van der Waals surface area contributed by atoms with Crippen LogP contribution in [0.25, 0.3) is 0 Å². The molecule has 2 rings (SSSR count). The van der Waals surface area contributed by atoms with Gasteiger partial charge in [-0.1, -0.05) is 18.2 Å². The molecule has 1 aliphatic rings. The number of nitrogens with zero attached hydrogens (tertiary/aromatic N) is 2. The predicted molar refractivity (Wildman–Crippen MR) is 133 cm³/mol. The van der Waals surface area contributed by atoms with Crippen LogP contribution in [0.3, 0.4) is 0 Å². The molecule has 0 atom stereocenters. The van der Waals surface area contributed by atoms with Crippen molar-refractivity contribution in [2.75, 3.05) is 39.3 Å². The molecule has 1 amide bonds. The lowest BCUT2D eigenvalue weighted by atomic mass is 9.96. The van der Waals surface area contributed by atoms with Crippen molar-refractivity contribution in [3.05, 3.63) is 29.8 Å². The summed E-state index contributed by atoms with van der Waals surface area (Å²) in [7, 11) is 0. The molecule has 1 aliphatic heterocycles. The number of carbonyl (C=O) groups excluding carboxylic acids is 1. The summed E-state index contributed by atoms with van der Waals surface area (Å²) in [6.07, 6.45) is 4.00. The van der Waals surface area contributed by atoms with Gasteiger partial charge in [0, 0.05) is 24.6 Å². The zero-order chi connectivity index (χ0) is 20.9. The first-order valence-electron chi connectivity index (χ1n) is 10.9. The number of benzene rings is 1. The van der Waals surface area contributed by atoms with Crippen molar-refractivity contribution in [3.8, 4) is 5.75 Å². The van der Waals surface area contributed by atoms with Crippen molar-refractivity contribution in [1.82, 2.24) is 15.5 Å². The Hall–Kier alpha value is -1.55. The number of nitrogens with two attached hydrogens (primary N) is 1. The number of para-hydroxylation sites is 1. The van der Waals surface area contributed by atoms with E-state index in [1.54, 1.807) is 0 Å². The number of halogens is 1. The summed E-state index contributed by atoms with van der Waals surface area (Å²) in [6.45, 7) is 10.0. The molecule has 0 spiro atoms. The first-order valence-corrected chi connectivity index (χ1v) is 10.9. The number of rotatable bonds is 11. The number of nitrogens with one attached hydrogen (secondary N) is 2. The SMILES string of the molecule is CCNC(=NCc1ccccc1OCC)NCCCCN1CCC(C(N)=O)CC1.I. The van der Waals surface area contributed by atoms with E-state index in [0.29, 0.717) is 13.2 Å². The standard InChI is InChI=1S/C22H37N5O2.HI/c1-3-24-22(26-17-19-9-5-6-10-20(19)29-4-2)25-13-7-8-14-27-15-11-18(12-16-27)21(23)28;/h5-6,9-10,18H,3-4,7-8,11-17H2,1-2H3,(H2,23,28)(H2,24,25,26);1H. The molecule has 4 N–H and O–H groups in total. The van der Waals surface area contributed by atoms with Crippen molar-refractivity contribution in [3.63, 3.8) is 0 Å². The Morgan fingerprint density at radius 3 is 2.60 bits per heavy atom. The quantitative estimate of drug-likeness (QED) is 0.177. The molecule has 1 aromatic rings. The first kappa shape index (κ1) is 26.5. The van der Waals surface area contributed by atoms with E-state index < -0.39 is 0 Å². The van der Waals surface area contributed by atoms with Crippen LogP contribution >= 0.6 is 24.0 Å². The van der Waals surface area contributed by atoms with E-state index in [9.17, 15) is 4.79 Å². The van der Waals surface area contributed by atoms with Crippen LogP contribution in [0.2, 0.25) is 0 Å². The summed E-state index contributed by atoms with van der Waals surface area (Å²) in [6, 6.07) is 8.04. The normalized spacial score (nSPS) is 15.3. The summed E-state index contributed by atoms with van der Waals surface area (Å²) < 4.78 is 5.68. The molecule has 1 fully saturated rings. The summed E-state index contributed by atoms with van der Waals surface area (Å²) >= 11 is 0. The van der Waals surface area contributed by atoms with Gasteiger partial charge >= 0.3 is 0 Å². The molecule has 7 nitrogen and oxygen atoms in total. The van der Waals surface area contributed by atoms with Crippen molar-refractivity contribution < 1.29 is 9.53 Å². The van der Waals surface area contributed by atoms with Crippen molar-refractivity contribution in [2.45, 2.75) is 46.1 Å². The number of ether oxygens (including phenoxy) is 1. The number of guanidine groups is 1. The Morgan fingerprint density at radius 2 is 1.93 bits per heavy atom. The number of carbonyl (C=O) groups is 1. The average Bonchev–Trinajstić information content (AvgIpc) is 2.73. The molecule has 1 saturated heterocycles. The number of hydrogen-bond acceptors (Lipinski definition) is 4. The van der Waals surface area contributed by atoms with Crippen LogP contribution in [0, 0.1) is 5.92 Å². The molecular formula is C22H38IN5O2. The lowest BCUT2D eigenvalue weighted by Crippen LogP contribution is -2.39. The second-order valence-electron chi connectivity index (χ2n) is 7.39. The van der Waals surface area contributed by atoms with E-state index in [1.165, 1.54) is 0 Å². The highest BCUT2D eigenvalue weighted by molar-refractivity contribution is 14.0. The molecule has 30 heavy (non-hydrogen) atoms. The van der Waals surface area contributed by atoms with Gasteiger partial charge in [0.1, 0.15) is 5.75 Å². The zero-order valence-electron chi connectivity index (χ0n) is 18.4. The van der Waals surface area contributed by atoms with Crippen LogP contribution in [0.1, 0.15) is 45.1 Å². The van der Waals surface area contributed by atoms with E-state index >= 15 is 0 Å². The minimum absolute atomic E-state index is 0. The van der Waals surface area contributed by atoms with E-state index in [0.717, 1.165) is 75.7 Å². The van der Waals surface area contributed by atoms with Crippen LogP contribution in [0.5, 0.6) is 5.75 Å². The smallest absolute Gasteiger partial charge is 0.220 e. The fourth-order valence-corrected chi connectivity index (χ4v) is 3.55. The molecule has 0 radical (unpaired) electrons. The van der Waals surface area contributed by atoms with Gasteiger partial charge < -0.3 is 26.0 Å². The molecule has 8 heteroatoms. The zero-order valence-corrected chi connectivity index (χ0v) is 20.7. The third-order valence-electron chi connectivity index (χ3n) is 5.21. The Balaban J connectivity index is 0.00000450. The number of likely N-dealkylation sites (tertiary alicyclic amines) is 1. The molecule has 0 aromatic heterocycles. The number of primary amides is 1. The summed E-state index contributed by atoms with van der Waals surface area (Å²) in [5.41, 5.74) is 6.49. The first-order chi connectivity index (χ1) is 14.1. The number of aliphatic imine (C=N–C) groups is 1. The second kappa shape index (κ2) is 15.3. The molecule has 1 heterocycles. The maximum atomic E-state index is 11.2. The number of amides is 1. The van der Waals surface area contributed by atoms with Crippen LogP contribution in [-0.4, -0.2) is 56.1 Å².